The smallest absolute Gasteiger partial charge is 0.000845 e. The van der Waals surface area contributed by atoms with Gasteiger partial charge >= 0.3 is 0 Å². The van der Waals surface area contributed by atoms with E-state index in [-0.39, 0.29) is 12.4 Å². The van der Waals surface area contributed by atoms with Gasteiger partial charge in [-0.15, -0.1) is 12.4 Å². The summed E-state index contributed by atoms with van der Waals surface area (Å²) in [6.45, 7) is 3.18. The van der Waals surface area contributed by atoms with Gasteiger partial charge in [0.2, 0.25) is 0 Å². The van der Waals surface area contributed by atoms with Crippen molar-refractivity contribution in [2.24, 2.45) is 11.7 Å². The van der Waals surface area contributed by atoms with Gasteiger partial charge in [-0.05, 0) is 38.4 Å². The second-order valence-electron chi connectivity index (χ2n) is 2.45. The van der Waals surface area contributed by atoms with E-state index in [0.29, 0.717) is 0 Å². The first-order valence-electron chi connectivity index (χ1n) is 3.34. The first-order valence-corrected chi connectivity index (χ1v) is 3.34. The van der Waals surface area contributed by atoms with E-state index in [9.17, 15) is 0 Å². The second kappa shape index (κ2) is 5.03. The van der Waals surface area contributed by atoms with E-state index in [1.807, 2.05) is 0 Å². The van der Waals surface area contributed by atoms with Crippen molar-refractivity contribution in [3.63, 3.8) is 0 Å². The summed E-state index contributed by atoms with van der Waals surface area (Å²) in [6, 6.07) is 0. The van der Waals surface area contributed by atoms with Crippen molar-refractivity contribution < 1.29 is 0 Å². The molecule has 0 aromatic rings. The van der Waals surface area contributed by atoms with Gasteiger partial charge in [-0.3, -0.25) is 0 Å². The van der Waals surface area contributed by atoms with Gasteiger partial charge in [0, 0.05) is 0 Å². The molecule has 56 valence electrons. The lowest BCUT2D eigenvalue weighted by atomic mass is 10.0. The molecule has 1 unspecified atom stereocenters. The van der Waals surface area contributed by atoms with Crippen molar-refractivity contribution in [3.8, 4) is 0 Å². The van der Waals surface area contributed by atoms with Crippen LogP contribution in [0.2, 0.25) is 0 Å². The Morgan fingerprint density at radius 3 is 2.67 bits per heavy atom. The third kappa shape index (κ3) is 3.04. The van der Waals surface area contributed by atoms with Gasteiger partial charge in [-0.1, -0.05) is 0 Å². The maximum Gasteiger partial charge on any atom is -0.000845 e. The highest BCUT2D eigenvalue weighted by atomic mass is 35.5. The zero-order chi connectivity index (χ0) is 5.82. The molecule has 9 heavy (non-hydrogen) atoms. The average molecular weight is 151 g/mol. The minimum absolute atomic E-state index is 0. The number of rotatable bonds is 1. The topological polar surface area (TPSA) is 38.0 Å². The highest BCUT2D eigenvalue weighted by Gasteiger charge is 2.09. The summed E-state index contributed by atoms with van der Waals surface area (Å²) in [5, 5.41) is 3.31. The molecule has 0 aliphatic carbocycles. The second-order valence-corrected chi connectivity index (χ2v) is 2.45. The van der Waals surface area contributed by atoms with Gasteiger partial charge in [-0.25, -0.2) is 0 Å². The van der Waals surface area contributed by atoms with Gasteiger partial charge < -0.3 is 11.1 Å². The summed E-state index contributed by atoms with van der Waals surface area (Å²) in [7, 11) is 0. The van der Waals surface area contributed by atoms with Crippen LogP contribution in [0, 0.1) is 5.92 Å². The quantitative estimate of drug-likeness (QED) is 0.567. The molecule has 2 nitrogen and oxygen atoms in total. The van der Waals surface area contributed by atoms with E-state index >= 15 is 0 Å². The van der Waals surface area contributed by atoms with Crippen LogP contribution in [0.15, 0.2) is 0 Å². The average Bonchev–Trinajstić information content (AvgIpc) is 1.90. The van der Waals surface area contributed by atoms with E-state index in [2.05, 4.69) is 5.32 Å². The molecule has 1 atom stereocenters. The molecular formula is C6H15ClN2. The Hall–Kier alpha value is 0.210. The normalized spacial score (nSPS) is 27.0. The summed E-state index contributed by atoms with van der Waals surface area (Å²) in [5.41, 5.74) is 5.46. The third-order valence-corrected chi connectivity index (χ3v) is 1.73. The lowest BCUT2D eigenvalue weighted by Crippen LogP contribution is -2.33. The highest BCUT2D eigenvalue weighted by molar-refractivity contribution is 5.85. The molecule has 1 aliphatic heterocycles. The summed E-state index contributed by atoms with van der Waals surface area (Å²) in [5.74, 6) is 0.753. The van der Waals surface area contributed by atoms with E-state index in [1.54, 1.807) is 0 Å². The minimum Gasteiger partial charge on any atom is -0.330 e. The van der Waals surface area contributed by atoms with E-state index in [4.69, 9.17) is 5.73 Å². The Morgan fingerprint density at radius 2 is 2.33 bits per heavy atom. The van der Waals surface area contributed by atoms with Crippen molar-refractivity contribution in [3.05, 3.63) is 0 Å². The van der Waals surface area contributed by atoms with Crippen LogP contribution >= 0.6 is 12.4 Å². The standard InChI is InChI=1S/C6H14N2.ClH/c7-4-6-2-1-3-8-5-6;/h6,8H,1-5,7H2;1H. The van der Waals surface area contributed by atoms with Gasteiger partial charge in [0.15, 0.2) is 0 Å². The number of hydrogen-bond acceptors (Lipinski definition) is 2. The predicted molar refractivity (Wildman–Crippen MR) is 41.9 cm³/mol. The molecule has 0 aromatic heterocycles. The fraction of sp³-hybridized carbons (Fsp3) is 1.00. The van der Waals surface area contributed by atoms with Crippen LogP contribution in [0.1, 0.15) is 12.8 Å². The number of piperidine rings is 1. The largest absolute Gasteiger partial charge is 0.330 e. The van der Waals surface area contributed by atoms with Crippen molar-refractivity contribution in [1.82, 2.24) is 5.32 Å². The monoisotopic (exact) mass is 150 g/mol. The van der Waals surface area contributed by atoms with Crippen LogP contribution in [0.4, 0.5) is 0 Å². The molecule has 1 rings (SSSR count). The molecule has 0 bridgehead atoms. The molecule has 0 radical (unpaired) electrons. The zero-order valence-electron chi connectivity index (χ0n) is 5.60. The highest BCUT2D eigenvalue weighted by Crippen LogP contribution is 2.06. The predicted octanol–water partition coefficient (Wildman–Crippen LogP) is 0.366. The maximum atomic E-state index is 5.46. The van der Waals surface area contributed by atoms with Crippen LogP contribution in [0.25, 0.3) is 0 Å². The molecule has 0 amide bonds. The maximum absolute atomic E-state index is 5.46. The van der Waals surface area contributed by atoms with Gasteiger partial charge in [0.25, 0.3) is 0 Å². The summed E-state index contributed by atoms with van der Waals surface area (Å²) >= 11 is 0. The number of halogens is 1. The van der Waals surface area contributed by atoms with E-state index in [0.717, 1.165) is 19.0 Å². The fourth-order valence-electron chi connectivity index (χ4n) is 1.13. The molecule has 1 aliphatic rings. The Kier molecular flexibility index (Phi) is 5.15. The molecular weight excluding hydrogens is 136 g/mol. The summed E-state index contributed by atoms with van der Waals surface area (Å²) < 4.78 is 0. The van der Waals surface area contributed by atoms with Crippen molar-refractivity contribution in [2.75, 3.05) is 19.6 Å². The molecule has 0 saturated carbocycles. The Morgan fingerprint density at radius 1 is 1.56 bits per heavy atom. The van der Waals surface area contributed by atoms with E-state index < -0.39 is 0 Å². The molecule has 1 saturated heterocycles. The van der Waals surface area contributed by atoms with Gasteiger partial charge in [-0.2, -0.15) is 0 Å². The minimum atomic E-state index is 0. The summed E-state index contributed by atoms with van der Waals surface area (Å²) in [4.78, 5) is 0. The van der Waals surface area contributed by atoms with Crippen LogP contribution in [-0.2, 0) is 0 Å². The van der Waals surface area contributed by atoms with Crippen LogP contribution < -0.4 is 11.1 Å². The van der Waals surface area contributed by atoms with Crippen molar-refractivity contribution in [1.29, 1.82) is 0 Å². The lowest BCUT2D eigenvalue weighted by Gasteiger charge is -2.20. The van der Waals surface area contributed by atoms with E-state index in [1.165, 1.54) is 19.4 Å². The SMILES string of the molecule is Cl.NCC1CCCNC1. The Labute approximate surface area is 62.6 Å². The first-order chi connectivity index (χ1) is 3.93. The third-order valence-electron chi connectivity index (χ3n) is 1.73. The number of hydrogen-bond donors (Lipinski definition) is 2. The molecule has 1 heterocycles. The van der Waals surface area contributed by atoms with Crippen molar-refractivity contribution in [2.45, 2.75) is 12.8 Å². The first kappa shape index (κ1) is 9.21. The molecule has 3 heteroatoms. The van der Waals surface area contributed by atoms with Gasteiger partial charge in [0.1, 0.15) is 0 Å². The zero-order valence-corrected chi connectivity index (χ0v) is 6.41. The van der Waals surface area contributed by atoms with Crippen molar-refractivity contribution >= 4 is 12.4 Å². The molecule has 0 spiro atoms. The lowest BCUT2D eigenvalue weighted by molar-refractivity contribution is 0.385. The number of nitrogens with one attached hydrogen (secondary N) is 1. The van der Waals surface area contributed by atoms with Crippen LogP contribution in [0.3, 0.4) is 0 Å². The van der Waals surface area contributed by atoms with Crippen LogP contribution in [-0.4, -0.2) is 19.6 Å². The summed E-state index contributed by atoms with van der Waals surface area (Å²) in [6.07, 6.45) is 2.63. The molecule has 0 aromatic carbocycles. The van der Waals surface area contributed by atoms with Gasteiger partial charge in [0.05, 0.1) is 0 Å². The molecule has 1 fully saturated rings. The molecule has 3 N–H and O–H groups in total. The Bertz CT molecular complexity index is 62.1. The fourth-order valence-corrected chi connectivity index (χ4v) is 1.13. The van der Waals surface area contributed by atoms with Crippen LogP contribution in [0.5, 0.6) is 0 Å². The number of nitrogens with two attached hydrogens (primary N) is 1. The Balaban J connectivity index is 0.000000640.